The second-order valence-corrected chi connectivity index (χ2v) is 10.4. The summed E-state index contributed by atoms with van der Waals surface area (Å²) < 4.78 is 11.0. The number of ether oxygens (including phenoxy) is 2. The van der Waals surface area contributed by atoms with Crippen LogP contribution in [0.4, 0.5) is 0 Å². The highest BCUT2D eigenvalue weighted by molar-refractivity contribution is 5.72. The molecule has 0 saturated heterocycles. The topological polar surface area (TPSA) is 52.6 Å². The van der Waals surface area contributed by atoms with Crippen molar-refractivity contribution in [1.82, 2.24) is 0 Å². The lowest BCUT2D eigenvalue weighted by Gasteiger charge is -2.17. The molecule has 4 nitrogen and oxygen atoms in total. The summed E-state index contributed by atoms with van der Waals surface area (Å²) in [5, 5.41) is 0. The van der Waals surface area contributed by atoms with Crippen molar-refractivity contribution >= 4 is 11.9 Å². The van der Waals surface area contributed by atoms with Crippen molar-refractivity contribution in [1.29, 1.82) is 0 Å². The number of hydrogen-bond donors (Lipinski definition) is 0. The number of carbonyl (C=O) groups is 2. The molecule has 0 aromatic heterocycles. The second kappa shape index (κ2) is 27.5. The van der Waals surface area contributed by atoms with Gasteiger partial charge in [-0.25, -0.2) is 0 Å². The van der Waals surface area contributed by atoms with Crippen LogP contribution in [0.3, 0.4) is 0 Å². The second-order valence-electron chi connectivity index (χ2n) is 10.4. The van der Waals surface area contributed by atoms with E-state index in [9.17, 15) is 9.59 Å². The molecule has 0 rings (SSSR count). The van der Waals surface area contributed by atoms with E-state index < -0.39 is 0 Å². The van der Waals surface area contributed by atoms with Gasteiger partial charge in [0.15, 0.2) is 0 Å². The first kappa shape index (κ1) is 33.9. The Kier molecular flexibility index (Phi) is 26.7. The maximum Gasteiger partial charge on any atom is 0.309 e. The Morgan fingerprint density at radius 3 is 1.40 bits per heavy atom. The summed E-state index contributed by atoms with van der Waals surface area (Å²) in [6.45, 7) is 6.94. The predicted octanol–water partition coefficient (Wildman–Crippen LogP) is 9.86. The first-order chi connectivity index (χ1) is 17.1. The molecular weight excluding hydrogens is 436 g/mol. The summed E-state index contributed by atoms with van der Waals surface area (Å²) in [7, 11) is 0. The van der Waals surface area contributed by atoms with E-state index in [0.717, 1.165) is 38.5 Å². The molecule has 0 saturated carbocycles. The van der Waals surface area contributed by atoms with E-state index in [1.165, 1.54) is 103 Å². The third-order valence-electron chi connectivity index (χ3n) is 6.77. The monoisotopic (exact) mass is 496 g/mol. The molecule has 35 heavy (non-hydrogen) atoms. The molecule has 0 spiro atoms. The molecule has 0 bridgehead atoms. The molecule has 0 N–H and O–H groups in total. The summed E-state index contributed by atoms with van der Waals surface area (Å²) in [4.78, 5) is 24.5. The Morgan fingerprint density at radius 2 is 0.943 bits per heavy atom. The standard InChI is InChI=1S/C31H60O4/c1-4-7-9-11-13-15-16-18-20-22-24-26-30(32)35-29(28-31(33)34-27-6-3)25-23-21-19-17-14-12-10-8-5-2/h29H,4-28H2,1-3H3. The highest BCUT2D eigenvalue weighted by Crippen LogP contribution is 2.17. The van der Waals surface area contributed by atoms with Crippen LogP contribution in [-0.2, 0) is 19.1 Å². The Hall–Kier alpha value is -1.06. The lowest BCUT2D eigenvalue weighted by Crippen LogP contribution is -2.23. The fourth-order valence-electron chi connectivity index (χ4n) is 4.52. The van der Waals surface area contributed by atoms with Gasteiger partial charge in [-0.1, -0.05) is 136 Å². The summed E-state index contributed by atoms with van der Waals surface area (Å²) >= 11 is 0. The van der Waals surface area contributed by atoms with Crippen LogP contribution < -0.4 is 0 Å². The van der Waals surface area contributed by atoms with Gasteiger partial charge in [0.1, 0.15) is 6.10 Å². The van der Waals surface area contributed by atoms with Crippen LogP contribution >= 0.6 is 0 Å². The van der Waals surface area contributed by atoms with Crippen LogP contribution in [-0.4, -0.2) is 24.6 Å². The quantitative estimate of drug-likeness (QED) is 0.0838. The van der Waals surface area contributed by atoms with Gasteiger partial charge in [0.05, 0.1) is 13.0 Å². The first-order valence-corrected chi connectivity index (χ1v) is 15.5. The van der Waals surface area contributed by atoms with Crippen LogP contribution in [0.2, 0.25) is 0 Å². The SMILES string of the molecule is CCCCCCCCCCCCCC(=O)OC(CCCCCCCCCCC)CC(=O)OCCC. The van der Waals surface area contributed by atoms with Crippen LogP contribution in [0.25, 0.3) is 0 Å². The van der Waals surface area contributed by atoms with E-state index in [1.807, 2.05) is 6.92 Å². The van der Waals surface area contributed by atoms with Gasteiger partial charge in [0.25, 0.3) is 0 Å². The van der Waals surface area contributed by atoms with E-state index in [0.29, 0.717) is 13.0 Å². The van der Waals surface area contributed by atoms with Crippen LogP contribution in [0.5, 0.6) is 0 Å². The summed E-state index contributed by atoms with van der Waals surface area (Å²) in [5.41, 5.74) is 0. The molecule has 0 aliphatic carbocycles. The predicted molar refractivity (Wildman–Crippen MR) is 149 cm³/mol. The Balaban J connectivity index is 3.99. The fraction of sp³-hybridized carbons (Fsp3) is 0.935. The van der Waals surface area contributed by atoms with E-state index in [1.54, 1.807) is 0 Å². The van der Waals surface area contributed by atoms with Gasteiger partial charge < -0.3 is 9.47 Å². The van der Waals surface area contributed by atoms with Crippen LogP contribution in [0, 0.1) is 0 Å². The van der Waals surface area contributed by atoms with Crippen molar-refractivity contribution in [2.75, 3.05) is 6.61 Å². The van der Waals surface area contributed by atoms with Crippen molar-refractivity contribution in [3.05, 3.63) is 0 Å². The average Bonchev–Trinajstić information content (AvgIpc) is 2.84. The van der Waals surface area contributed by atoms with Crippen molar-refractivity contribution in [2.24, 2.45) is 0 Å². The molecule has 0 aliphatic heterocycles. The van der Waals surface area contributed by atoms with Crippen molar-refractivity contribution in [2.45, 2.75) is 181 Å². The highest BCUT2D eigenvalue weighted by Gasteiger charge is 2.19. The minimum absolute atomic E-state index is 0.148. The van der Waals surface area contributed by atoms with Crippen molar-refractivity contribution < 1.29 is 19.1 Å². The van der Waals surface area contributed by atoms with Crippen molar-refractivity contribution in [3.63, 3.8) is 0 Å². The van der Waals surface area contributed by atoms with Gasteiger partial charge in [0, 0.05) is 6.42 Å². The summed E-state index contributed by atoms with van der Waals surface area (Å²) in [6, 6.07) is 0. The zero-order valence-electron chi connectivity index (χ0n) is 23.9. The molecule has 0 amide bonds. The molecule has 208 valence electrons. The van der Waals surface area contributed by atoms with Gasteiger partial charge in [-0.05, 0) is 25.7 Å². The van der Waals surface area contributed by atoms with Crippen LogP contribution in [0.1, 0.15) is 175 Å². The lowest BCUT2D eigenvalue weighted by atomic mass is 10.0. The Labute approximate surface area is 218 Å². The lowest BCUT2D eigenvalue weighted by molar-refractivity contribution is -0.155. The number of esters is 2. The normalized spacial score (nSPS) is 12.0. The molecule has 0 aromatic carbocycles. The average molecular weight is 497 g/mol. The minimum Gasteiger partial charge on any atom is -0.466 e. The van der Waals surface area contributed by atoms with E-state index in [4.69, 9.17) is 9.47 Å². The van der Waals surface area contributed by atoms with Gasteiger partial charge in [-0.15, -0.1) is 0 Å². The van der Waals surface area contributed by atoms with E-state index >= 15 is 0 Å². The van der Waals surface area contributed by atoms with Crippen LogP contribution in [0.15, 0.2) is 0 Å². The zero-order chi connectivity index (χ0) is 25.8. The third-order valence-corrected chi connectivity index (χ3v) is 6.77. The summed E-state index contributed by atoms with van der Waals surface area (Å²) in [6.07, 6.45) is 27.2. The largest absolute Gasteiger partial charge is 0.466 e. The molecule has 4 heteroatoms. The Bertz CT molecular complexity index is 463. The molecule has 0 radical (unpaired) electrons. The van der Waals surface area contributed by atoms with E-state index in [-0.39, 0.29) is 24.5 Å². The number of unbranched alkanes of at least 4 members (excludes halogenated alkanes) is 18. The molecule has 0 aromatic rings. The van der Waals surface area contributed by atoms with Gasteiger partial charge in [-0.3, -0.25) is 9.59 Å². The van der Waals surface area contributed by atoms with E-state index in [2.05, 4.69) is 13.8 Å². The number of carbonyl (C=O) groups excluding carboxylic acids is 2. The number of rotatable bonds is 27. The summed E-state index contributed by atoms with van der Waals surface area (Å²) in [5.74, 6) is -0.389. The molecule has 0 fully saturated rings. The minimum atomic E-state index is -0.330. The molecule has 1 atom stereocenters. The smallest absolute Gasteiger partial charge is 0.309 e. The maximum absolute atomic E-state index is 12.4. The Morgan fingerprint density at radius 1 is 0.514 bits per heavy atom. The van der Waals surface area contributed by atoms with Gasteiger partial charge in [0.2, 0.25) is 0 Å². The van der Waals surface area contributed by atoms with Gasteiger partial charge in [-0.2, -0.15) is 0 Å². The molecular formula is C31H60O4. The number of hydrogen-bond acceptors (Lipinski definition) is 4. The molecule has 0 heterocycles. The first-order valence-electron chi connectivity index (χ1n) is 15.5. The molecule has 0 aliphatic rings. The zero-order valence-corrected chi connectivity index (χ0v) is 23.9. The van der Waals surface area contributed by atoms with Crippen molar-refractivity contribution in [3.8, 4) is 0 Å². The fourth-order valence-corrected chi connectivity index (χ4v) is 4.52. The molecule has 1 unspecified atom stereocenters. The maximum atomic E-state index is 12.4. The third kappa shape index (κ3) is 25.8. The van der Waals surface area contributed by atoms with Gasteiger partial charge >= 0.3 is 11.9 Å². The highest BCUT2D eigenvalue weighted by atomic mass is 16.6.